The number of aromatic carboxylic acids is 1. The van der Waals surface area contributed by atoms with E-state index in [2.05, 4.69) is 19.2 Å². The fourth-order valence-corrected chi connectivity index (χ4v) is 1.59. The quantitative estimate of drug-likeness (QED) is 0.709. The van der Waals surface area contributed by atoms with Gasteiger partial charge in [0.25, 0.3) is 0 Å². The fourth-order valence-electron chi connectivity index (χ4n) is 1.59. The van der Waals surface area contributed by atoms with Crippen molar-refractivity contribution < 1.29 is 15.0 Å². The summed E-state index contributed by atoms with van der Waals surface area (Å²) < 4.78 is 0. The first-order valence-corrected chi connectivity index (χ1v) is 5.74. The summed E-state index contributed by atoms with van der Waals surface area (Å²) in [4.78, 5) is 10.6. The second-order valence-electron chi connectivity index (χ2n) is 4.55. The van der Waals surface area contributed by atoms with E-state index in [4.69, 9.17) is 5.11 Å². The highest BCUT2D eigenvalue weighted by molar-refractivity contribution is 5.87. The number of anilines is 1. The van der Waals surface area contributed by atoms with Crippen LogP contribution in [0.1, 0.15) is 30.6 Å². The summed E-state index contributed by atoms with van der Waals surface area (Å²) in [6, 6.07) is 6.48. The number of rotatable bonds is 6. The predicted octanol–water partition coefficient (Wildman–Crippen LogP) is 2.20. The molecule has 0 heterocycles. The SMILES string of the molecule is CC(C)CC(O)CNc1ccc(C(=O)O)cc1. The molecule has 0 bridgehead atoms. The predicted molar refractivity (Wildman–Crippen MR) is 67.4 cm³/mol. The van der Waals surface area contributed by atoms with Crippen LogP contribution in [0, 0.1) is 5.92 Å². The molecule has 0 radical (unpaired) electrons. The first-order valence-electron chi connectivity index (χ1n) is 5.74. The highest BCUT2D eigenvalue weighted by atomic mass is 16.4. The third-order valence-corrected chi connectivity index (χ3v) is 2.42. The lowest BCUT2D eigenvalue weighted by molar-refractivity contribution is 0.0697. The molecule has 1 unspecified atom stereocenters. The summed E-state index contributed by atoms with van der Waals surface area (Å²) in [6.45, 7) is 4.60. The van der Waals surface area contributed by atoms with Crippen LogP contribution in [0.3, 0.4) is 0 Å². The number of carboxylic acid groups (broad SMARTS) is 1. The van der Waals surface area contributed by atoms with Gasteiger partial charge in [-0.1, -0.05) is 13.8 Å². The lowest BCUT2D eigenvalue weighted by atomic mass is 10.1. The summed E-state index contributed by atoms with van der Waals surface area (Å²) in [5, 5.41) is 21.5. The van der Waals surface area contributed by atoms with E-state index in [0.29, 0.717) is 12.5 Å². The molecule has 0 amide bonds. The van der Waals surface area contributed by atoms with Gasteiger partial charge >= 0.3 is 5.97 Å². The standard InChI is InChI=1S/C13H19NO3/c1-9(2)7-12(15)8-14-11-5-3-10(4-6-11)13(16)17/h3-6,9,12,14-15H,7-8H2,1-2H3,(H,16,17). The number of carboxylic acids is 1. The van der Waals surface area contributed by atoms with E-state index >= 15 is 0 Å². The molecule has 0 spiro atoms. The first kappa shape index (κ1) is 13.5. The van der Waals surface area contributed by atoms with Crippen molar-refractivity contribution in [1.82, 2.24) is 0 Å². The topological polar surface area (TPSA) is 69.6 Å². The van der Waals surface area contributed by atoms with Gasteiger partial charge in [-0.15, -0.1) is 0 Å². The second-order valence-corrected chi connectivity index (χ2v) is 4.55. The number of benzene rings is 1. The molecule has 17 heavy (non-hydrogen) atoms. The summed E-state index contributed by atoms with van der Waals surface area (Å²) in [5.41, 5.74) is 1.08. The Morgan fingerprint density at radius 1 is 1.29 bits per heavy atom. The molecule has 1 aromatic rings. The van der Waals surface area contributed by atoms with Crippen molar-refractivity contribution in [2.75, 3.05) is 11.9 Å². The van der Waals surface area contributed by atoms with Gasteiger partial charge in [-0.2, -0.15) is 0 Å². The number of aliphatic hydroxyl groups excluding tert-OH is 1. The second kappa shape index (κ2) is 6.25. The minimum absolute atomic E-state index is 0.262. The smallest absolute Gasteiger partial charge is 0.335 e. The Balaban J connectivity index is 2.44. The Morgan fingerprint density at radius 2 is 1.88 bits per heavy atom. The molecule has 0 saturated heterocycles. The monoisotopic (exact) mass is 237 g/mol. The highest BCUT2D eigenvalue weighted by Gasteiger charge is 2.07. The molecule has 4 heteroatoms. The van der Waals surface area contributed by atoms with Crippen molar-refractivity contribution in [3.63, 3.8) is 0 Å². The molecule has 1 aromatic carbocycles. The lowest BCUT2D eigenvalue weighted by Crippen LogP contribution is -2.21. The molecule has 4 nitrogen and oxygen atoms in total. The van der Waals surface area contributed by atoms with Crippen molar-refractivity contribution in [3.8, 4) is 0 Å². The molecular formula is C13H19NO3. The number of nitrogens with one attached hydrogen (secondary N) is 1. The third kappa shape index (κ3) is 4.87. The zero-order valence-electron chi connectivity index (χ0n) is 10.2. The van der Waals surface area contributed by atoms with E-state index in [-0.39, 0.29) is 11.7 Å². The van der Waals surface area contributed by atoms with E-state index < -0.39 is 5.97 Å². The van der Waals surface area contributed by atoms with Crippen LogP contribution < -0.4 is 5.32 Å². The fraction of sp³-hybridized carbons (Fsp3) is 0.462. The van der Waals surface area contributed by atoms with Gasteiger partial charge in [-0.05, 0) is 36.6 Å². The van der Waals surface area contributed by atoms with Gasteiger partial charge in [0.05, 0.1) is 11.7 Å². The van der Waals surface area contributed by atoms with Crippen LogP contribution in [0.25, 0.3) is 0 Å². The Labute approximate surface area is 101 Å². The van der Waals surface area contributed by atoms with Gasteiger partial charge in [-0.3, -0.25) is 0 Å². The summed E-state index contributed by atoms with van der Waals surface area (Å²) in [6.07, 6.45) is 0.370. The maximum Gasteiger partial charge on any atom is 0.335 e. The number of hydrogen-bond donors (Lipinski definition) is 3. The van der Waals surface area contributed by atoms with Crippen LogP contribution >= 0.6 is 0 Å². The van der Waals surface area contributed by atoms with Crippen LogP contribution in [0.2, 0.25) is 0 Å². The van der Waals surface area contributed by atoms with Crippen molar-refractivity contribution in [2.45, 2.75) is 26.4 Å². The number of aliphatic hydroxyl groups is 1. The summed E-state index contributed by atoms with van der Waals surface area (Å²) in [7, 11) is 0. The van der Waals surface area contributed by atoms with Crippen LogP contribution in [-0.4, -0.2) is 28.8 Å². The minimum Gasteiger partial charge on any atom is -0.478 e. The van der Waals surface area contributed by atoms with Crippen molar-refractivity contribution in [3.05, 3.63) is 29.8 Å². The molecule has 0 aliphatic rings. The first-order chi connectivity index (χ1) is 7.99. The average molecular weight is 237 g/mol. The van der Waals surface area contributed by atoms with E-state index in [9.17, 15) is 9.90 Å². The molecule has 1 rings (SSSR count). The molecule has 0 aliphatic heterocycles. The summed E-state index contributed by atoms with van der Waals surface area (Å²) in [5.74, 6) is -0.474. The maximum absolute atomic E-state index is 10.6. The molecular weight excluding hydrogens is 218 g/mol. The van der Waals surface area contributed by atoms with E-state index in [1.54, 1.807) is 24.3 Å². The zero-order chi connectivity index (χ0) is 12.8. The molecule has 3 N–H and O–H groups in total. The number of carbonyl (C=O) groups is 1. The maximum atomic E-state index is 10.6. The minimum atomic E-state index is -0.934. The van der Waals surface area contributed by atoms with E-state index in [1.807, 2.05) is 0 Å². The Hall–Kier alpha value is -1.55. The lowest BCUT2D eigenvalue weighted by Gasteiger charge is -2.14. The largest absolute Gasteiger partial charge is 0.478 e. The molecule has 0 fully saturated rings. The van der Waals surface area contributed by atoms with Crippen molar-refractivity contribution in [1.29, 1.82) is 0 Å². The normalized spacial score (nSPS) is 12.5. The van der Waals surface area contributed by atoms with Crippen LogP contribution in [-0.2, 0) is 0 Å². The molecule has 94 valence electrons. The van der Waals surface area contributed by atoms with Gasteiger partial charge in [-0.25, -0.2) is 4.79 Å². The number of hydrogen-bond acceptors (Lipinski definition) is 3. The van der Waals surface area contributed by atoms with Gasteiger partial charge < -0.3 is 15.5 Å². The van der Waals surface area contributed by atoms with Crippen LogP contribution in [0.15, 0.2) is 24.3 Å². The molecule has 0 saturated carbocycles. The average Bonchev–Trinajstić information content (AvgIpc) is 2.26. The Kier molecular flexibility index (Phi) is 4.97. The Morgan fingerprint density at radius 3 is 2.35 bits per heavy atom. The van der Waals surface area contributed by atoms with E-state index in [0.717, 1.165) is 12.1 Å². The van der Waals surface area contributed by atoms with Gasteiger partial charge in [0.2, 0.25) is 0 Å². The van der Waals surface area contributed by atoms with Crippen molar-refractivity contribution in [2.24, 2.45) is 5.92 Å². The highest BCUT2D eigenvalue weighted by Crippen LogP contribution is 2.11. The van der Waals surface area contributed by atoms with Gasteiger partial charge in [0.1, 0.15) is 0 Å². The van der Waals surface area contributed by atoms with Gasteiger partial charge in [0.15, 0.2) is 0 Å². The molecule has 0 aromatic heterocycles. The zero-order valence-corrected chi connectivity index (χ0v) is 10.2. The summed E-state index contributed by atoms with van der Waals surface area (Å²) >= 11 is 0. The molecule has 0 aliphatic carbocycles. The third-order valence-electron chi connectivity index (χ3n) is 2.42. The Bertz CT molecular complexity index is 359. The molecule has 1 atom stereocenters. The van der Waals surface area contributed by atoms with Crippen LogP contribution in [0.5, 0.6) is 0 Å². The van der Waals surface area contributed by atoms with Crippen molar-refractivity contribution >= 4 is 11.7 Å². The van der Waals surface area contributed by atoms with E-state index in [1.165, 1.54) is 0 Å². The van der Waals surface area contributed by atoms with Gasteiger partial charge in [0, 0.05) is 12.2 Å². The van der Waals surface area contributed by atoms with Crippen LogP contribution in [0.4, 0.5) is 5.69 Å².